The molecule has 9 heteroatoms. The van der Waals surface area contributed by atoms with Crippen LogP contribution in [0.3, 0.4) is 0 Å². The molecule has 31 heavy (non-hydrogen) atoms. The van der Waals surface area contributed by atoms with Gasteiger partial charge in [-0.25, -0.2) is 4.79 Å². The summed E-state index contributed by atoms with van der Waals surface area (Å²) in [5, 5.41) is 17.8. The average molecular weight is 510 g/mol. The zero-order chi connectivity index (χ0) is 22.6. The van der Waals surface area contributed by atoms with Crippen molar-refractivity contribution in [2.45, 2.75) is 26.0 Å². The number of rotatable bonds is 8. The van der Waals surface area contributed by atoms with Gasteiger partial charge in [0.2, 0.25) is 0 Å². The Morgan fingerprint density at radius 1 is 1.23 bits per heavy atom. The van der Waals surface area contributed by atoms with Gasteiger partial charge in [-0.15, -0.1) is 0 Å². The molecular weight excluding hydrogens is 484 g/mol. The molecule has 1 aliphatic rings. The maximum Gasteiger partial charge on any atom is 0.329 e. The number of hydrogen-bond donors (Lipinski definition) is 3. The monoisotopic (exact) mass is 508 g/mol. The number of nitrogens with one attached hydrogen (secondary N) is 2. The molecule has 2 aromatic carbocycles. The molecular formula is C22H26BrClN4O3. The summed E-state index contributed by atoms with van der Waals surface area (Å²) in [5.41, 5.74) is -1.24. The van der Waals surface area contributed by atoms with Crippen LogP contribution in [0.15, 0.2) is 46.9 Å². The second kappa shape index (κ2) is 9.99. The van der Waals surface area contributed by atoms with Crippen LogP contribution < -0.4 is 15.5 Å². The molecule has 3 N–H and O–H groups in total. The first-order valence-corrected chi connectivity index (χ1v) is 11.4. The van der Waals surface area contributed by atoms with Gasteiger partial charge in [0.1, 0.15) is 0 Å². The van der Waals surface area contributed by atoms with E-state index >= 15 is 0 Å². The number of urea groups is 1. The Morgan fingerprint density at radius 2 is 1.90 bits per heavy atom. The Hall–Kier alpha value is -2.13. The van der Waals surface area contributed by atoms with Crippen molar-refractivity contribution >= 4 is 50.8 Å². The molecule has 0 saturated heterocycles. The van der Waals surface area contributed by atoms with E-state index in [1.165, 1.54) is 0 Å². The lowest BCUT2D eigenvalue weighted by molar-refractivity contribution is -0.140. The smallest absolute Gasteiger partial charge is 0.329 e. The van der Waals surface area contributed by atoms with E-state index < -0.39 is 17.7 Å². The van der Waals surface area contributed by atoms with Crippen molar-refractivity contribution in [3.8, 4) is 0 Å². The normalized spacial score (nSPS) is 18.0. The molecule has 1 atom stereocenters. The molecule has 0 aliphatic carbocycles. The van der Waals surface area contributed by atoms with E-state index in [1.54, 1.807) is 42.5 Å². The maximum absolute atomic E-state index is 13.3. The number of carbonyl (C=O) groups is 2. The Kier molecular flexibility index (Phi) is 7.59. The topological polar surface area (TPSA) is 84.9 Å². The van der Waals surface area contributed by atoms with Crippen molar-refractivity contribution in [2.24, 2.45) is 0 Å². The second-order valence-electron chi connectivity index (χ2n) is 7.24. The number of aliphatic hydroxyl groups is 1. The van der Waals surface area contributed by atoms with Gasteiger partial charge in [-0.3, -0.25) is 9.69 Å². The quantitative estimate of drug-likeness (QED) is 0.467. The molecule has 0 saturated carbocycles. The van der Waals surface area contributed by atoms with Crippen molar-refractivity contribution in [3.63, 3.8) is 0 Å². The third-order valence-electron chi connectivity index (χ3n) is 5.36. The van der Waals surface area contributed by atoms with Crippen LogP contribution in [0.4, 0.5) is 16.2 Å². The maximum atomic E-state index is 13.3. The first kappa shape index (κ1) is 23.5. The fourth-order valence-electron chi connectivity index (χ4n) is 3.64. The molecule has 3 rings (SSSR count). The molecule has 0 bridgehead atoms. The summed E-state index contributed by atoms with van der Waals surface area (Å²) in [4.78, 5) is 29.6. The van der Waals surface area contributed by atoms with Crippen molar-refractivity contribution in [3.05, 3.63) is 57.5 Å². The second-order valence-corrected chi connectivity index (χ2v) is 8.59. The molecule has 1 aliphatic heterocycles. The number of anilines is 2. The molecule has 1 heterocycles. The highest BCUT2D eigenvalue weighted by Gasteiger charge is 2.52. The lowest BCUT2D eigenvalue weighted by Gasteiger charge is -2.42. The molecule has 0 radical (unpaired) electrons. The van der Waals surface area contributed by atoms with Crippen LogP contribution in [-0.2, 0) is 10.5 Å². The molecule has 0 aromatic heterocycles. The van der Waals surface area contributed by atoms with E-state index in [0.29, 0.717) is 27.4 Å². The zero-order valence-electron chi connectivity index (χ0n) is 17.5. The summed E-state index contributed by atoms with van der Waals surface area (Å²) in [6.07, 6.45) is 0.724. The molecule has 166 valence electrons. The predicted octanol–water partition coefficient (Wildman–Crippen LogP) is 4.15. The Morgan fingerprint density at radius 3 is 2.55 bits per heavy atom. The van der Waals surface area contributed by atoms with Crippen LogP contribution in [0.1, 0.15) is 25.8 Å². The number of benzene rings is 2. The van der Waals surface area contributed by atoms with Crippen LogP contribution in [0, 0.1) is 0 Å². The minimum absolute atomic E-state index is 0.276. The van der Waals surface area contributed by atoms with Crippen LogP contribution in [0.5, 0.6) is 0 Å². The van der Waals surface area contributed by atoms with E-state index in [2.05, 4.69) is 45.3 Å². The van der Waals surface area contributed by atoms with Crippen molar-refractivity contribution in [1.29, 1.82) is 0 Å². The Labute approximate surface area is 195 Å². The minimum atomic E-state index is -2.23. The molecule has 7 nitrogen and oxygen atoms in total. The lowest BCUT2D eigenvalue weighted by atomic mass is 9.94. The third-order valence-corrected chi connectivity index (χ3v) is 6.10. The Balaban J connectivity index is 1.94. The minimum Gasteiger partial charge on any atom is -0.359 e. The van der Waals surface area contributed by atoms with Gasteiger partial charge in [0.15, 0.2) is 0 Å². The predicted molar refractivity (Wildman–Crippen MR) is 126 cm³/mol. The highest BCUT2D eigenvalue weighted by molar-refractivity contribution is 9.10. The standard InChI is InChI=1S/C22H26BrClN4O3/c1-3-27(4-2)13-5-12-25-20(29)22(31)18-14-15(23)6-11-19(18)26-21(30)28(22)17-9-7-16(24)8-10-17/h6-11,14,31H,3-5,12-13H2,1-2H3,(H,25,29)(H,26,30)/t22-/m1/s1. The number of nitrogens with zero attached hydrogens (tertiary/aromatic N) is 2. The SMILES string of the molecule is CCN(CC)CCCNC(=O)[C@]1(O)c2cc(Br)ccc2NC(=O)N1c1ccc(Cl)cc1. The van der Waals surface area contributed by atoms with E-state index in [1.807, 2.05) is 0 Å². The molecule has 0 unspecified atom stereocenters. The average Bonchev–Trinajstić information content (AvgIpc) is 2.75. The Bertz CT molecular complexity index is 952. The van der Waals surface area contributed by atoms with Crippen molar-refractivity contribution in [2.75, 3.05) is 36.4 Å². The summed E-state index contributed by atoms with van der Waals surface area (Å²) in [6, 6.07) is 10.8. The van der Waals surface area contributed by atoms with Crippen LogP contribution in [0.25, 0.3) is 0 Å². The van der Waals surface area contributed by atoms with E-state index in [9.17, 15) is 14.7 Å². The molecule has 3 amide bonds. The molecule has 0 spiro atoms. The van der Waals surface area contributed by atoms with E-state index in [0.717, 1.165) is 31.0 Å². The van der Waals surface area contributed by atoms with Crippen molar-refractivity contribution < 1.29 is 14.7 Å². The largest absolute Gasteiger partial charge is 0.359 e. The van der Waals surface area contributed by atoms with Gasteiger partial charge in [-0.2, -0.15) is 0 Å². The van der Waals surface area contributed by atoms with Gasteiger partial charge in [0, 0.05) is 27.3 Å². The van der Waals surface area contributed by atoms with Crippen molar-refractivity contribution in [1.82, 2.24) is 10.2 Å². The highest BCUT2D eigenvalue weighted by Crippen LogP contribution is 2.41. The number of halogens is 2. The van der Waals surface area contributed by atoms with Gasteiger partial charge in [-0.05, 0) is 68.5 Å². The fourth-order valence-corrected chi connectivity index (χ4v) is 4.13. The van der Waals surface area contributed by atoms with Gasteiger partial charge in [0.05, 0.1) is 5.69 Å². The summed E-state index contributed by atoms with van der Waals surface area (Å²) in [5.74, 6) is -0.670. The van der Waals surface area contributed by atoms with Gasteiger partial charge < -0.3 is 20.6 Å². The summed E-state index contributed by atoms with van der Waals surface area (Å²) < 4.78 is 0.672. The summed E-state index contributed by atoms with van der Waals surface area (Å²) in [7, 11) is 0. The van der Waals surface area contributed by atoms with E-state index in [4.69, 9.17) is 11.6 Å². The fraction of sp³-hybridized carbons (Fsp3) is 0.364. The lowest BCUT2D eigenvalue weighted by Crippen LogP contribution is -2.62. The third kappa shape index (κ3) is 4.87. The number of hydrogen-bond acceptors (Lipinski definition) is 4. The highest BCUT2D eigenvalue weighted by atomic mass is 79.9. The van der Waals surface area contributed by atoms with E-state index in [-0.39, 0.29) is 5.56 Å². The van der Waals surface area contributed by atoms with Gasteiger partial charge in [-0.1, -0.05) is 41.4 Å². The molecule has 0 fully saturated rings. The number of amides is 3. The van der Waals surface area contributed by atoms with Gasteiger partial charge >= 0.3 is 6.03 Å². The number of fused-ring (bicyclic) bond motifs is 1. The zero-order valence-corrected chi connectivity index (χ0v) is 19.8. The number of carbonyl (C=O) groups excluding carboxylic acids is 2. The first-order valence-electron chi connectivity index (χ1n) is 10.2. The van der Waals surface area contributed by atoms with Crippen LogP contribution in [0.2, 0.25) is 5.02 Å². The summed E-state index contributed by atoms with van der Waals surface area (Å²) in [6.45, 7) is 7.24. The van der Waals surface area contributed by atoms with Crippen LogP contribution >= 0.6 is 27.5 Å². The summed E-state index contributed by atoms with van der Waals surface area (Å²) >= 11 is 9.38. The first-order chi connectivity index (χ1) is 14.8. The van der Waals surface area contributed by atoms with Crippen LogP contribution in [-0.4, -0.2) is 48.1 Å². The molecule has 2 aromatic rings. The van der Waals surface area contributed by atoms with Gasteiger partial charge in [0.25, 0.3) is 11.6 Å².